The molecule has 0 aliphatic carbocycles. The number of para-hydroxylation sites is 2. The maximum Gasteiger partial charge on any atom is 0.0610 e. The third-order valence-electron chi connectivity index (χ3n) is 4.55. The highest BCUT2D eigenvalue weighted by Gasteiger charge is 2.32. The van der Waals surface area contributed by atoms with E-state index in [4.69, 9.17) is 0 Å². The molecule has 3 rings (SSSR count). The van der Waals surface area contributed by atoms with Gasteiger partial charge < -0.3 is 10.2 Å². The zero-order valence-electron chi connectivity index (χ0n) is 13.4. The number of hydrogen-bond acceptors (Lipinski definition) is 2. The second-order valence-electron chi connectivity index (χ2n) is 6.69. The van der Waals surface area contributed by atoms with Gasteiger partial charge in [0.25, 0.3) is 0 Å². The van der Waals surface area contributed by atoms with Gasteiger partial charge >= 0.3 is 0 Å². The van der Waals surface area contributed by atoms with Crippen molar-refractivity contribution in [2.45, 2.75) is 39.8 Å². The summed E-state index contributed by atoms with van der Waals surface area (Å²) in [6.45, 7) is 10.9. The van der Waals surface area contributed by atoms with Gasteiger partial charge in [0.15, 0.2) is 0 Å². The van der Waals surface area contributed by atoms with Gasteiger partial charge in [-0.15, -0.1) is 0 Å². The lowest BCUT2D eigenvalue weighted by Crippen LogP contribution is -2.51. The molecule has 2 nitrogen and oxygen atoms in total. The molecule has 1 heterocycles. The summed E-state index contributed by atoms with van der Waals surface area (Å²) in [5, 5.41) is 3.55. The van der Waals surface area contributed by atoms with E-state index in [-0.39, 0.29) is 5.54 Å². The van der Waals surface area contributed by atoms with Gasteiger partial charge in [-0.25, -0.2) is 0 Å². The summed E-state index contributed by atoms with van der Waals surface area (Å²) in [6, 6.07) is 15.4. The highest BCUT2D eigenvalue weighted by atomic mass is 15.3. The lowest BCUT2D eigenvalue weighted by Gasteiger charge is -2.45. The Balaban J connectivity index is 1.97. The summed E-state index contributed by atoms with van der Waals surface area (Å²) in [6.07, 6.45) is 0. The molecule has 1 aliphatic heterocycles. The summed E-state index contributed by atoms with van der Waals surface area (Å²) in [7, 11) is 0. The summed E-state index contributed by atoms with van der Waals surface area (Å²) in [4.78, 5) is 2.52. The quantitative estimate of drug-likeness (QED) is 0.870. The largest absolute Gasteiger partial charge is 0.381 e. The van der Waals surface area contributed by atoms with Gasteiger partial charge in [-0.05, 0) is 56.5 Å². The predicted molar refractivity (Wildman–Crippen MR) is 91.1 cm³/mol. The predicted octanol–water partition coefficient (Wildman–Crippen LogP) is 4.51. The van der Waals surface area contributed by atoms with Gasteiger partial charge in [0.2, 0.25) is 0 Å². The molecule has 0 saturated heterocycles. The number of nitrogens with zero attached hydrogens (tertiary/aromatic N) is 1. The molecule has 2 aromatic rings. The number of fused-ring (bicyclic) bond motifs is 1. The second kappa shape index (κ2) is 5.10. The Hall–Kier alpha value is -1.96. The van der Waals surface area contributed by atoms with E-state index in [0.717, 1.165) is 13.1 Å². The van der Waals surface area contributed by atoms with Crippen molar-refractivity contribution in [2.75, 3.05) is 16.8 Å². The zero-order valence-corrected chi connectivity index (χ0v) is 13.4. The normalized spacial score (nSPS) is 16.3. The van der Waals surface area contributed by atoms with Crippen molar-refractivity contribution < 1.29 is 0 Å². The fourth-order valence-corrected chi connectivity index (χ4v) is 2.98. The maximum absolute atomic E-state index is 3.55. The smallest absolute Gasteiger partial charge is 0.0610 e. The van der Waals surface area contributed by atoms with Crippen LogP contribution in [0.25, 0.3) is 0 Å². The fraction of sp³-hybridized carbons (Fsp3) is 0.368. The average molecular weight is 280 g/mol. The minimum absolute atomic E-state index is 0.104. The number of anilines is 2. The first kappa shape index (κ1) is 14.0. The van der Waals surface area contributed by atoms with Crippen molar-refractivity contribution in [3.8, 4) is 0 Å². The van der Waals surface area contributed by atoms with Crippen LogP contribution in [-0.4, -0.2) is 12.1 Å². The van der Waals surface area contributed by atoms with E-state index < -0.39 is 0 Å². The highest BCUT2D eigenvalue weighted by Crippen LogP contribution is 2.37. The third kappa shape index (κ3) is 2.63. The number of hydrogen-bond donors (Lipinski definition) is 1. The number of aryl methyl sites for hydroxylation is 2. The Morgan fingerprint density at radius 3 is 2.57 bits per heavy atom. The van der Waals surface area contributed by atoms with Crippen molar-refractivity contribution in [2.24, 2.45) is 0 Å². The van der Waals surface area contributed by atoms with Gasteiger partial charge in [-0.1, -0.05) is 30.3 Å². The van der Waals surface area contributed by atoms with Crippen molar-refractivity contribution in [1.29, 1.82) is 0 Å². The molecular formula is C19H24N2. The standard InChI is InChI=1S/C19H24N2/c1-14-9-10-16(11-15(14)2)12-21-18-8-6-5-7-17(18)20-13-19(21,3)4/h5-11,20H,12-13H2,1-4H3. The van der Waals surface area contributed by atoms with Crippen LogP contribution in [0.1, 0.15) is 30.5 Å². The third-order valence-corrected chi connectivity index (χ3v) is 4.55. The molecule has 0 radical (unpaired) electrons. The van der Waals surface area contributed by atoms with Gasteiger partial charge in [0, 0.05) is 13.1 Å². The highest BCUT2D eigenvalue weighted by molar-refractivity contribution is 5.73. The molecule has 0 spiro atoms. The maximum atomic E-state index is 3.55. The van der Waals surface area contributed by atoms with E-state index in [0.29, 0.717) is 0 Å². The van der Waals surface area contributed by atoms with Crippen LogP contribution in [0.2, 0.25) is 0 Å². The molecule has 0 unspecified atom stereocenters. The lowest BCUT2D eigenvalue weighted by atomic mass is 9.96. The molecule has 0 atom stereocenters. The van der Waals surface area contributed by atoms with Crippen LogP contribution in [0.3, 0.4) is 0 Å². The molecule has 0 bridgehead atoms. The summed E-state index contributed by atoms with van der Waals surface area (Å²) in [5.41, 5.74) is 6.75. The molecule has 2 heteroatoms. The Bertz CT molecular complexity index is 658. The van der Waals surface area contributed by atoms with Crippen LogP contribution >= 0.6 is 0 Å². The van der Waals surface area contributed by atoms with E-state index in [2.05, 4.69) is 80.4 Å². The lowest BCUT2D eigenvalue weighted by molar-refractivity contribution is 0.469. The van der Waals surface area contributed by atoms with E-state index in [1.807, 2.05) is 0 Å². The summed E-state index contributed by atoms with van der Waals surface area (Å²) in [5.74, 6) is 0. The van der Waals surface area contributed by atoms with Gasteiger partial charge in [-0.2, -0.15) is 0 Å². The number of nitrogens with one attached hydrogen (secondary N) is 1. The van der Waals surface area contributed by atoms with Crippen LogP contribution in [-0.2, 0) is 6.54 Å². The van der Waals surface area contributed by atoms with Crippen LogP contribution in [0, 0.1) is 13.8 Å². The second-order valence-corrected chi connectivity index (χ2v) is 6.69. The first-order valence-electron chi connectivity index (χ1n) is 7.64. The fourth-order valence-electron chi connectivity index (χ4n) is 2.98. The van der Waals surface area contributed by atoms with Gasteiger partial charge in [0.05, 0.1) is 16.9 Å². The molecule has 21 heavy (non-hydrogen) atoms. The van der Waals surface area contributed by atoms with Crippen molar-refractivity contribution >= 4 is 11.4 Å². The summed E-state index contributed by atoms with van der Waals surface area (Å²) < 4.78 is 0. The molecule has 0 amide bonds. The molecule has 110 valence electrons. The van der Waals surface area contributed by atoms with Gasteiger partial charge in [-0.3, -0.25) is 0 Å². The Morgan fingerprint density at radius 1 is 1.05 bits per heavy atom. The molecule has 0 saturated carbocycles. The SMILES string of the molecule is Cc1ccc(CN2c3ccccc3NCC2(C)C)cc1C. The molecule has 1 aliphatic rings. The summed E-state index contributed by atoms with van der Waals surface area (Å²) >= 11 is 0. The van der Waals surface area contributed by atoms with Crippen LogP contribution < -0.4 is 10.2 Å². The number of benzene rings is 2. The monoisotopic (exact) mass is 280 g/mol. The Labute approximate surface area is 127 Å². The molecule has 0 aromatic heterocycles. The van der Waals surface area contributed by atoms with Crippen molar-refractivity contribution in [3.63, 3.8) is 0 Å². The molecule has 1 N–H and O–H groups in total. The Kier molecular flexibility index (Phi) is 3.40. The first-order valence-corrected chi connectivity index (χ1v) is 7.64. The van der Waals surface area contributed by atoms with E-state index in [1.165, 1.54) is 28.1 Å². The first-order chi connectivity index (χ1) is 9.97. The van der Waals surface area contributed by atoms with Crippen molar-refractivity contribution in [3.05, 3.63) is 59.2 Å². The minimum Gasteiger partial charge on any atom is -0.381 e. The van der Waals surface area contributed by atoms with Crippen LogP contribution in [0.5, 0.6) is 0 Å². The molecule has 2 aromatic carbocycles. The zero-order chi connectivity index (χ0) is 15.0. The van der Waals surface area contributed by atoms with E-state index >= 15 is 0 Å². The van der Waals surface area contributed by atoms with Gasteiger partial charge in [0.1, 0.15) is 0 Å². The average Bonchev–Trinajstić information content (AvgIpc) is 2.46. The number of rotatable bonds is 2. The molecular weight excluding hydrogens is 256 g/mol. The van der Waals surface area contributed by atoms with E-state index in [1.54, 1.807) is 0 Å². The van der Waals surface area contributed by atoms with Crippen LogP contribution in [0.4, 0.5) is 11.4 Å². The van der Waals surface area contributed by atoms with E-state index in [9.17, 15) is 0 Å². The Morgan fingerprint density at radius 2 is 1.81 bits per heavy atom. The molecule has 0 fully saturated rings. The van der Waals surface area contributed by atoms with Crippen LogP contribution in [0.15, 0.2) is 42.5 Å². The van der Waals surface area contributed by atoms with Crippen molar-refractivity contribution in [1.82, 2.24) is 0 Å². The topological polar surface area (TPSA) is 15.3 Å². The minimum atomic E-state index is 0.104.